The van der Waals surface area contributed by atoms with Crippen molar-refractivity contribution in [2.75, 3.05) is 62.3 Å². The number of benzene rings is 8. The molecule has 0 bridgehead atoms. The lowest BCUT2D eigenvalue weighted by molar-refractivity contribution is -0.116. The Balaban J connectivity index is 0.000000134. The normalized spacial score (nSPS) is 12.2. The third kappa shape index (κ3) is 23.0. The van der Waals surface area contributed by atoms with E-state index in [0.717, 1.165) is 132 Å². The van der Waals surface area contributed by atoms with E-state index in [4.69, 9.17) is 4.74 Å². The molecule has 13 aromatic rings. The van der Waals surface area contributed by atoms with Crippen molar-refractivity contribution in [2.45, 2.75) is 68.7 Å². The van der Waals surface area contributed by atoms with Crippen molar-refractivity contribution < 1.29 is 14.3 Å². The SMILES string of the molecule is CC(=O)Cc1ccc(-c2cccc(C)c2)cc1.CC(=O)c1ncc(-c2cccc(C)c2)cn1.Cc1cccc(-c2cnc(-c3ccccc3)nc2)c1.Cc1cccc(-c2cnc(C)nc2)c1.Cc1cccc(-c2cnc(N3CCNCC3)nc2)c1.Cc1cccc(-c2cnc(N3CCOCC3)nc2)c1. The largest absolute Gasteiger partial charge is 0.378 e. The Bertz CT molecular complexity index is 4730. The van der Waals surface area contributed by atoms with Crippen LogP contribution in [0.1, 0.15) is 69.2 Å². The number of carbonyl (C=O) groups is 2. The van der Waals surface area contributed by atoms with E-state index in [1.807, 2.05) is 130 Å². The van der Waals surface area contributed by atoms with Crippen LogP contribution < -0.4 is 15.1 Å². The number of aryl methyl sites for hydroxylation is 7. The first-order valence-corrected chi connectivity index (χ1v) is 35.0. The van der Waals surface area contributed by atoms with E-state index in [2.05, 4.69) is 233 Å². The van der Waals surface area contributed by atoms with Gasteiger partial charge in [0.25, 0.3) is 0 Å². The molecule has 2 aliphatic rings. The van der Waals surface area contributed by atoms with Gasteiger partial charge in [-0.15, -0.1) is 0 Å². The van der Waals surface area contributed by atoms with Crippen LogP contribution in [0.15, 0.2) is 262 Å². The van der Waals surface area contributed by atoms with Crippen LogP contribution in [0, 0.1) is 48.5 Å². The lowest BCUT2D eigenvalue weighted by Crippen LogP contribution is -2.44. The maximum absolute atomic E-state index is 11.0. The van der Waals surface area contributed by atoms with Gasteiger partial charge in [0.05, 0.1) is 13.2 Å². The summed E-state index contributed by atoms with van der Waals surface area (Å²) in [4.78, 5) is 69.6. The van der Waals surface area contributed by atoms with Crippen LogP contribution in [-0.2, 0) is 16.0 Å². The van der Waals surface area contributed by atoms with E-state index in [0.29, 0.717) is 6.42 Å². The molecule has 524 valence electrons. The summed E-state index contributed by atoms with van der Waals surface area (Å²) in [5.74, 6) is 3.54. The van der Waals surface area contributed by atoms with Gasteiger partial charge in [0.15, 0.2) is 17.4 Å². The van der Waals surface area contributed by atoms with Gasteiger partial charge >= 0.3 is 0 Å². The number of ketones is 2. The van der Waals surface area contributed by atoms with E-state index in [9.17, 15) is 9.59 Å². The Morgan fingerprint density at radius 1 is 0.337 bits per heavy atom. The van der Waals surface area contributed by atoms with Gasteiger partial charge in [0.1, 0.15) is 11.6 Å². The van der Waals surface area contributed by atoms with Crippen LogP contribution in [0.5, 0.6) is 0 Å². The second-order valence-corrected chi connectivity index (χ2v) is 25.7. The topological polar surface area (TPSA) is 191 Å². The first-order chi connectivity index (χ1) is 50.5. The fourth-order valence-corrected chi connectivity index (χ4v) is 11.4. The molecule has 0 atom stereocenters. The highest BCUT2D eigenvalue weighted by Crippen LogP contribution is 2.26. The molecule has 15 rings (SSSR count). The van der Waals surface area contributed by atoms with Gasteiger partial charge in [-0.25, -0.2) is 49.8 Å². The van der Waals surface area contributed by atoms with Crippen molar-refractivity contribution in [3.63, 3.8) is 0 Å². The van der Waals surface area contributed by atoms with Crippen LogP contribution in [0.4, 0.5) is 11.9 Å². The molecule has 0 unspecified atom stereocenters. The minimum Gasteiger partial charge on any atom is -0.378 e. The maximum Gasteiger partial charge on any atom is 0.225 e. The Morgan fingerprint density at radius 2 is 0.654 bits per heavy atom. The second kappa shape index (κ2) is 38.2. The number of hydrogen-bond acceptors (Lipinski definition) is 16. The van der Waals surface area contributed by atoms with Crippen LogP contribution in [0.2, 0.25) is 0 Å². The van der Waals surface area contributed by atoms with E-state index in [1.54, 1.807) is 19.3 Å². The van der Waals surface area contributed by atoms with Gasteiger partial charge in [-0.05, 0) is 99.9 Å². The van der Waals surface area contributed by atoms with Crippen molar-refractivity contribution in [1.82, 2.24) is 55.2 Å². The van der Waals surface area contributed by atoms with Crippen molar-refractivity contribution in [3.8, 4) is 78.1 Å². The van der Waals surface area contributed by atoms with Crippen molar-refractivity contribution in [1.29, 1.82) is 0 Å². The van der Waals surface area contributed by atoms with Gasteiger partial charge in [0, 0.05) is 148 Å². The third-order valence-corrected chi connectivity index (χ3v) is 16.9. The molecule has 0 spiro atoms. The molecule has 2 aliphatic heterocycles. The van der Waals surface area contributed by atoms with Gasteiger partial charge in [0.2, 0.25) is 11.9 Å². The molecule has 104 heavy (non-hydrogen) atoms. The summed E-state index contributed by atoms with van der Waals surface area (Å²) in [7, 11) is 0. The average Bonchev–Trinajstić information content (AvgIpc) is 0.821. The van der Waals surface area contributed by atoms with Crippen LogP contribution in [0.3, 0.4) is 0 Å². The van der Waals surface area contributed by atoms with Crippen molar-refractivity contribution in [2.24, 2.45) is 0 Å². The predicted molar refractivity (Wildman–Crippen MR) is 420 cm³/mol. The van der Waals surface area contributed by atoms with Crippen LogP contribution >= 0.6 is 0 Å². The molecule has 0 aliphatic carbocycles. The minimum atomic E-state index is -0.115. The minimum absolute atomic E-state index is 0.115. The summed E-state index contributed by atoms with van der Waals surface area (Å²) >= 11 is 0. The molecular weight excluding hydrogens is 1290 g/mol. The number of Topliss-reactive ketones (excluding diaryl/α,β-unsaturated/α-hetero) is 2. The first-order valence-electron chi connectivity index (χ1n) is 35.0. The molecule has 7 heterocycles. The summed E-state index contributed by atoms with van der Waals surface area (Å²) in [5.41, 5.74) is 22.9. The van der Waals surface area contributed by atoms with E-state index >= 15 is 0 Å². The van der Waals surface area contributed by atoms with Crippen molar-refractivity contribution >= 4 is 23.5 Å². The Morgan fingerprint density at radius 3 is 1.00 bits per heavy atom. The molecular formula is C88H89N13O3. The van der Waals surface area contributed by atoms with Crippen LogP contribution in [-0.4, -0.2) is 114 Å². The molecule has 0 saturated carbocycles. The quantitative estimate of drug-likeness (QED) is 0.114. The molecule has 16 heteroatoms. The molecule has 16 nitrogen and oxygen atoms in total. The summed E-state index contributed by atoms with van der Waals surface area (Å²) in [6, 6.07) is 68.2. The number of aromatic nitrogens is 10. The molecule has 0 amide bonds. The number of piperazine rings is 1. The Labute approximate surface area is 611 Å². The highest BCUT2D eigenvalue weighted by atomic mass is 16.5. The standard InChI is InChI=1S/C17H14N2.C16H16O.C15H18N4.C15H17N3O.C13H12N2O.C12H12N2/c1-13-6-5-9-15(10-13)16-11-18-17(19-12-16)14-7-3-2-4-8-14;1-12-4-3-5-16(10-12)15-8-6-14(7-9-15)11-13(2)17;1-12-3-2-4-13(9-12)14-10-17-15(18-11-14)19-7-5-16-6-8-19;1-12-3-2-4-13(9-12)14-10-16-15(17-11-14)18-5-7-19-8-6-18;1-9-4-3-5-11(6-9)12-7-14-13(10(2)16)15-8-12;1-9-4-3-5-11(6-9)12-7-13-10(2)14-8-12/h2-12H,1H3;3-10H,11H2,1-2H3;2-4,9-11,16H,5-8H2,1H3;2-4,9-11H,5-8H2,1H3;3-8H,1-2H3;3-8H,1-2H3. The molecule has 5 aromatic heterocycles. The van der Waals surface area contributed by atoms with Gasteiger partial charge in [-0.2, -0.15) is 0 Å². The number of morpholine rings is 1. The highest BCUT2D eigenvalue weighted by Gasteiger charge is 2.16. The lowest BCUT2D eigenvalue weighted by Gasteiger charge is -2.27. The number of anilines is 2. The van der Waals surface area contributed by atoms with Crippen molar-refractivity contribution in [3.05, 3.63) is 313 Å². The van der Waals surface area contributed by atoms with Gasteiger partial charge in [-0.1, -0.05) is 234 Å². The van der Waals surface area contributed by atoms with Gasteiger partial charge in [-0.3, -0.25) is 9.59 Å². The predicted octanol–water partition coefficient (Wildman–Crippen LogP) is 17.5. The van der Waals surface area contributed by atoms with Crippen LogP contribution in [0.25, 0.3) is 78.1 Å². The molecule has 2 saturated heterocycles. The van der Waals surface area contributed by atoms with E-state index in [-0.39, 0.29) is 17.4 Å². The Hall–Kier alpha value is -12.0. The average molecular weight is 1380 g/mol. The fraction of sp³-hybridized carbons (Fsp3) is 0.205. The zero-order chi connectivity index (χ0) is 73.0. The number of nitrogens with zero attached hydrogens (tertiary/aromatic N) is 12. The monoisotopic (exact) mass is 1380 g/mol. The van der Waals surface area contributed by atoms with E-state index in [1.165, 1.54) is 62.6 Å². The number of nitrogens with one attached hydrogen (secondary N) is 1. The highest BCUT2D eigenvalue weighted by molar-refractivity contribution is 5.90. The third-order valence-electron chi connectivity index (χ3n) is 16.9. The zero-order valence-electron chi connectivity index (χ0n) is 60.8. The summed E-state index contributed by atoms with van der Waals surface area (Å²) in [6.07, 6.45) is 19.0. The van der Waals surface area contributed by atoms with Gasteiger partial charge < -0.3 is 19.9 Å². The zero-order valence-corrected chi connectivity index (χ0v) is 60.8. The number of carbonyl (C=O) groups excluding carboxylic acids is 2. The summed E-state index contributed by atoms with van der Waals surface area (Å²) in [5, 5.41) is 3.33. The molecule has 1 N–H and O–H groups in total. The summed E-state index contributed by atoms with van der Waals surface area (Å²) in [6.45, 7) is 24.6. The lowest BCUT2D eigenvalue weighted by atomic mass is 10.0. The molecule has 8 aromatic carbocycles. The molecule has 2 fully saturated rings. The maximum atomic E-state index is 11.0. The number of hydrogen-bond donors (Lipinski definition) is 1. The molecule has 0 radical (unpaired) electrons. The smallest absolute Gasteiger partial charge is 0.225 e. The Kier molecular flexibility index (Phi) is 27.4. The number of rotatable bonds is 12. The fourth-order valence-electron chi connectivity index (χ4n) is 11.4. The second-order valence-electron chi connectivity index (χ2n) is 25.7. The number of ether oxygens (including phenoxy) is 1. The summed E-state index contributed by atoms with van der Waals surface area (Å²) < 4.78 is 5.33. The first kappa shape index (κ1) is 74.7. The van der Waals surface area contributed by atoms with E-state index < -0.39 is 0 Å².